The third-order valence-corrected chi connectivity index (χ3v) is 1.31. The summed E-state index contributed by atoms with van der Waals surface area (Å²) >= 11 is 0. The molecular weight excluding hydrogens is 164 g/mol. The Labute approximate surface area is 56.1 Å². The second kappa shape index (κ2) is 2.52. The summed E-state index contributed by atoms with van der Waals surface area (Å²) < 4.78 is 23.6. The molecule has 0 fully saturated rings. The lowest BCUT2D eigenvalue weighted by molar-refractivity contribution is 0.211. The van der Waals surface area contributed by atoms with E-state index >= 15 is 0 Å². The second-order valence-corrected chi connectivity index (χ2v) is 2.65. The van der Waals surface area contributed by atoms with Crippen LogP contribution in [0.3, 0.4) is 0 Å². The van der Waals surface area contributed by atoms with Crippen LogP contribution in [0.25, 0.3) is 0 Å². The second-order valence-electron chi connectivity index (χ2n) is 1.18. The summed E-state index contributed by atoms with van der Waals surface area (Å²) in [5, 5.41) is -1.76. The SMILES string of the molecule is NC(=O)OS(=O)(=O)C(N)=O. The largest absolute Gasteiger partial charge is 0.420 e. The molecule has 0 radical (unpaired) electrons. The van der Waals surface area contributed by atoms with Crippen LogP contribution in [0.5, 0.6) is 0 Å². The molecule has 0 spiro atoms. The van der Waals surface area contributed by atoms with Crippen molar-refractivity contribution >= 4 is 21.5 Å². The van der Waals surface area contributed by atoms with E-state index in [1.165, 1.54) is 0 Å². The van der Waals surface area contributed by atoms with Crippen molar-refractivity contribution in [2.75, 3.05) is 0 Å². The molecule has 2 amide bonds. The van der Waals surface area contributed by atoms with Crippen molar-refractivity contribution < 1.29 is 22.2 Å². The van der Waals surface area contributed by atoms with Crippen LogP contribution < -0.4 is 11.5 Å². The molecular formula is C2H4N2O5S. The van der Waals surface area contributed by atoms with Gasteiger partial charge in [-0.2, -0.15) is 8.42 Å². The van der Waals surface area contributed by atoms with Crippen LogP contribution in [-0.4, -0.2) is 19.8 Å². The number of nitrogens with two attached hydrogens (primary N) is 2. The fourth-order valence-corrected chi connectivity index (χ4v) is 0.448. The minimum absolute atomic E-state index is 1.60. The Hall–Kier alpha value is -1.31. The quantitative estimate of drug-likeness (QED) is 0.424. The van der Waals surface area contributed by atoms with Crippen LogP contribution >= 0.6 is 0 Å². The predicted molar refractivity (Wildman–Crippen MR) is 29.2 cm³/mol. The maximum absolute atomic E-state index is 10.1. The van der Waals surface area contributed by atoms with Crippen molar-refractivity contribution in [3.05, 3.63) is 0 Å². The highest BCUT2D eigenvalue weighted by Crippen LogP contribution is 1.90. The van der Waals surface area contributed by atoms with Gasteiger partial charge in [0.15, 0.2) is 0 Å². The summed E-state index contributed by atoms with van der Waals surface area (Å²) in [6.45, 7) is 0. The molecule has 0 aromatic carbocycles. The normalized spacial score (nSPS) is 10.4. The van der Waals surface area contributed by atoms with E-state index < -0.39 is 21.5 Å². The molecule has 10 heavy (non-hydrogen) atoms. The van der Waals surface area contributed by atoms with E-state index in [1.807, 2.05) is 0 Å². The summed E-state index contributed by atoms with van der Waals surface area (Å²) in [6, 6.07) is 0. The van der Waals surface area contributed by atoms with Gasteiger partial charge < -0.3 is 15.7 Å². The zero-order chi connectivity index (χ0) is 8.36. The van der Waals surface area contributed by atoms with Gasteiger partial charge in [0.2, 0.25) is 0 Å². The van der Waals surface area contributed by atoms with E-state index in [2.05, 4.69) is 15.7 Å². The molecule has 0 atom stereocenters. The zero-order valence-corrected chi connectivity index (χ0v) is 5.42. The maximum atomic E-state index is 10.1. The van der Waals surface area contributed by atoms with Gasteiger partial charge in [0.1, 0.15) is 0 Å². The van der Waals surface area contributed by atoms with E-state index in [0.717, 1.165) is 0 Å². The van der Waals surface area contributed by atoms with Crippen LogP contribution in [0.15, 0.2) is 0 Å². The average molecular weight is 168 g/mol. The highest BCUT2D eigenvalue weighted by molar-refractivity contribution is 8.02. The Morgan fingerprint density at radius 2 is 1.60 bits per heavy atom. The van der Waals surface area contributed by atoms with E-state index in [9.17, 15) is 18.0 Å². The molecule has 0 aromatic heterocycles. The third kappa shape index (κ3) is 2.31. The Morgan fingerprint density at radius 1 is 1.20 bits per heavy atom. The van der Waals surface area contributed by atoms with Gasteiger partial charge in [-0.15, -0.1) is 0 Å². The number of rotatable bonds is 0. The monoisotopic (exact) mass is 168 g/mol. The van der Waals surface area contributed by atoms with Crippen molar-refractivity contribution in [2.45, 2.75) is 0 Å². The molecule has 0 aliphatic heterocycles. The first-order chi connectivity index (χ1) is 4.36. The van der Waals surface area contributed by atoms with Crippen molar-refractivity contribution in [3.8, 4) is 0 Å². The van der Waals surface area contributed by atoms with Crippen LogP contribution in [0.1, 0.15) is 0 Å². The lowest BCUT2D eigenvalue weighted by Gasteiger charge is -1.95. The number of hydrogen-bond acceptors (Lipinski definition) is 5. The van der Waals surface area contributed by atoms with E-state index in [-0.39, 0.29) is 0 Å². The maximum Gasteiger partial charge on any atom is 0.420 e. The standard InChI is InChI=1S/C2H4N2O5S/c3-1(5)9-10(7,8)2(4)6/h(H2,3,5)(H2,4,6). The van der Waals surface area contributed by atoms with Crippen molar-refractivity contribution in [1.29, 1.82) is 0 Å². The van der Waals surface area contributed by atoms with Gasteiger partial charge in [-0.3, -0.25) is 4.79 Å². The number of carbonyl (C=O) groups excluding carboxylic acids is 2. The van der Waals surface area contributed by atoms with Gasteiger partial charge in [-0.25, -0.2) is 4.79 Å². The van der Waals surface area contributed by atoms with Crippen molar-refractivity contribution in [2.24, 2.45) is 11.5 Å². The number of carbonyl (C=O) groups is 2. The molecule has 0 aliphatic carbocycles. The fraction of sp³-hybridized carbons (Fsp3) is 0. The van der Waals surface area contributed by atoms with Crippen LogP contribution in [0.4, 0.5) is 9.59 Å². The predicted octanol–water partition coefficient (Wildman–Crippen LogP) is -1.51. The molecule has 0 rings (SSSR count). The summed E-state index contributed by atoms with van der Waals surface area (Å²) in [4.78, 5) is 19.6. The van der Waals surface area contributed by atoms with Gasteiger partial charge in [0, 0.05) is 0 Å². The first-order valence-electron chi connectivity index (χ1n) is 1.89. The molecule has 0 aliphatic rings. The van der Waals surface area contributed by atoms with Crippen molar-refractivity contribution in [1.82, 2.24) is 0 Å². The van der Waals surface area contributed by atoms with Crippen LogP contribution in [-0.2, 0) is 14.3 Å². The van der Waals surface area contributed by atoms with Gasteiger partial charge in [-0.05, 0) is 0 Å². The van der Waals surface area contributed by atoms with Gasteiger partial charge in [-0.1, -0.05) is 0 Å². The molecule has 8 heteroatoms. The van der Waals surface area contributed by atoms with Gasteiger partial charge in [0.05, 0.1) is 0 Å². The summed E-state index contributed by atoms with van der Waals surface area (Å²) in [5.41, 5.74) is 8.53. The smallest absolute Gasteiger partial charge is 0.353 e. The molecule has 0 saturated carbocycles. The first kappa shape index (κ1) is 8.69. The van der Waals surface area contributed by atoms with Crippen LogP contribution in [0.2, 0.25) is 0 Å². The van der Waals surface area contributed by atoms with Gasteiger partial charge in [0.25, 0.3) is 0 Å². The molecule has 0 unspecified atom stereocenters. The number of primary amides is 2. The first-order valence-corrected chi connectivity index (χ1v) is 3.30. The fourth-order valence-electron chi connectivity index (χ4n) is 0.149. The molecule has 0 saturated heterocycles. The molecule has 58 valence electrons. The average Bonchev–Trinajstić information content (AvgIpc) is 1.60. The van der Waals surface area contributed by atoms with E-state index in [4.69, 9.17) is 0 Å². The topological polar surface area (TPSA) is 130 Å². The van der Waals surface area contributed by atoms with Gasteiger partial charge >= 0.3 is 21.5 Å². The highest BCUT2D eigenvalue weighted by Gasteiger charge is 2.21. The Bertz CT molecular complexity index is 253. The van der Waals surface area contributed by atoms with E-state index in [1.54, 1.807) is 0 Å². The third-order valence-electron chi connectivity index (χ3n) is 0.438. The molecule has 0 heterocycles. The Kier molecular flexibility index (Phi) is 2.19. The molecule has 0 aromatic rings. The minimum Gasteiger partial charge on any atom is -0.353 e. The highest BCUT2D eigenvalue weighted by atomic mass is 32.2. The summed E-state index contributed by atoms with van der Waals surface area (Å²) in [7, 11) is -4.63. The Morgan fingerprint density at radius 3 is 1.70 bits per heavy atom. The molecule has 4 N–H and O–H groups in total. The lowest BCUT2D eigenvalue weighted by atomic mass is 11.3. The number of hydrogen-bond donors (Lipinski definition) is 2. The molecule has 0 bridgehead atoms. The lowest BCUT2D eigenvalue weighted by Crippen LogP contribution is -2.28. The summed E-state index contributed by atoms with van der Waals surface area (Å²) in [6.07, 6.45) is -1.60. The number of amides is 2. The zero-order valence-electron chi connectivity index (χ0n) is 4.60. The Balaban J connectivity index is 4.46. The molecule has 7 nitrogen and oxygen atoms in total. The van der Waals surface area contributed by atoms with E-state index in [0.29, 0.717) is 0 Å². The van der Waals surface area contributed by atoms with Crippen LogP contribution in [0, 0.1) is 0 Å². The summed E-state index contributed by atoms with van der Waals surface area (Å²) in [5.74, 6) is 0. The minimum atomic E-state index is -4.63. The van der Waals surface area contributed by atoms with Crippen molar-refractivity contribution in [3.63, 3.8) is 0 Å².